The summed E-state index contributed by atoms with van der Waals surface area (Å²) in [6, 6.07) is 0. The number of aliphatic hydroxyl groups excluding tert-OH is 1. The van der Waals surface area contributed by atoms with Gasteiger partial charge in [0.25, 0.3) is 0 Å². The van der Waals surface area contributed by atoms with Crippen molar-refractivity contribution in [2.75, 3.05) is 18.8 Å². The Morgan fingerprint density at radius 1 is 1.32 bits per heavy atom. The minimum absolute atomic E-state index is 0.319. The number of anilines is 1. The number of nitrogens with zero attached hydrogens (tertiary/aromatic N) is 3. The van der Waals surface area contributed by atoms with Crippen LogP contribution in [-0.4, -0.2) is 50.2 Å². The molecule has 134 valence electrons. The van der Waals surface area contributed by atoms with Gasteiger partial charge in [0.1, 0.15) is 16.5 Å². The smallest absolute Gasteiger partial charge is 0.309 e. The number of piperidine rings is 1. The summed E-state index contributed by atoms with van der Waals surface area (Å²) < 4.78 is 0. The highest BCUT2D eigenvalue weighted by molar-refractivity contribution is 7.19. The van der Waals surface area contributed by atoms with E-state index >= 15 is 0 Å². The molecule has 2 aromatic rings. The van der Waals surface area contributed by atoms with Crippen LogP contribution < -0.4 is 5.73 Å². The van der Waals surface area contributed by atoms with E-state index < -0.39 is 18.0 Å². The van der Waals surface area contributed by atoms with Crippen LogP contribution in [0.15, 0.2) is 0 Å². The van der Waals surface area contributed by atoms with Gasteiger partial charge in [-0.2, -0.15) is 0 Å². The lowest BCUT2D eigenvalue weighted by Crippen LogP contribution is -2.46. The third-order valence-electron chi connectivity index (χ3n) is 5.24. The molecular formula is C17H22N4O3S. The maximum absolute atomic E-state index is 11.1. The molecule has 0 saturated carbocycles. The van der Waals surface area contributed by atoms with Crippen molar-refractivity contribution in [1.82, 2.24) is 14.9 Å². The molecule has 2 aromatic heterocycles. The number of rotatable bonds is 3. The summed E-state index contributed by atoms with van der Waals surface area (Å²) in [7, 11) is 0. The molecule has 25 heavy (non-hydrogen) atoms. The standard InChI is InChI=1S/C17H22N4O3S/c18-15-14-10-3-1-2-4-12(10)25-16(14)20-13(19-15)8-21-6-5-9(17(23)24)11(22)7-21/h9,11,22H,1-8H2,(H,23,24)(H2,18,19,20)/t9-,11+/m0/s1. The summed E-state index contributed by atoms with van der Waals surface area (Å²) in [6.07, 6.45) is 4.13. The second-order valence-corrected chi connectivity index (χ2v) is 8.04. The van der Waals surface area contributed by atoms with E-state index in [9.17, 15) is 9.90 Å². The Balaban J connectivity index is 1.55. The van der Waals surface area contributed by atoms with Crippen LogP contribution in [0.3, 0.4) is 0 Å². The Morgan fingerprint density at radius 2 is 2.12 bits per heavy atom. The monoisotopic (exact) mass is 362 g/mol. The molecule has 0 spiro atoms. The second-order valence-electron chi connectivity index (χ2n) is 6.95. The van der Waals surface area contributed by atoms with Crippen molar-refractivity contribution in [1.29, 1.82) is 0 Å². The predicted octanol–water partition coefficient (Wildman–Crippen LogP) is 1.42. The van der Waals surface area contributed by atoms with E-state index in [2.05, 4.69) is 4.98 Å². The van der Waals surface area contributed by atoms with Crippen LogP contribution in [0.1, 0.15) is 35.5 Å². The van der Waals surface area contributed by atoms with Gasteiger partial charge < -0.3 is 15.9 Å². The first-order chi connectivity index (χ1) is 12.0. The quantitative estimate of drug-likeness (QED) is 0.757. The van der Waals surface area contributed by atoms with Crippen molar-refractivity contribution >= 4 is 33.3 Å². The Hall–Kier alpha value is -1.77. The number of aliphatic hydroxyl groups is 1. The van der Waals surface area contributed by atoms with Gasteiger partial charge in [0.15, 0.2) is 0 Å². The van der Waals surface area contributed by atoms with Crippen LogP contribution in [0.5, 0.6) is 0 Å². The van der Waals surface area contributed by atoms with E-state index in [1.807, 2.05) is 4.90 Å². The molecule has 0 aromatic carbocycles. The number of aliphatic carboxylic acids is 1. The number of fused-ring (bicyclic) bond motifs is 3. The molecule has 8 heteroatoms. The topological polar surface area (TPSA) is 113 Å². The first-order valence-corrected chi connectivity index (χ1v) is 9.54. The zero-order valence-electron chi connectivity index (χ0n) is 13.9. The van der Waals surface area contributed by atoms with Gasteiger partial charge in [0.05, 0.1) is 24.0 Å². The fourth-order valence-electron chi connectivity index (χ4n) is 3.93. The Kier molecular flexibility index (Phi) is 4.35. The normalized spacial score (nSPS) is 24.4. The van der Waals surface area contributed by atoms with Crippen molar-refractivity contribution in [2.45, 2.75) is 44.8 Å². The zero-order valence-corrected chi connectivity index (χ0v) is 14.8. The minimum atomic E-state index is -0.932. The molecule has 0 amide bonds. The molecule has 1 fully saturated rings. The number of hydrogen-bond donors (Lipinski definition) is 3. The lowest BCUT2D eigenvalue weighted by Gasteiger charge is -2.33. The van der Waals surface area contributed by atoms with Crippen LogP contribution >= 0.6 is 11.3 Å². The van der Waals surface area contributed by atoms with E-state index in [1.165, 1.54) is 23.3 Å². The number of likely N-dealkylation sites (tertiary alicyclic amines) is 1. The molecule has 3 heterocycles. The number of aryl methyl sites for hydroxylation is 2. The number of carboxylic acid groups (broad SMARTS) is 1. The lowest BCUT2D eigenvalue weighted by atomic mass is 9.94. The fraction of sp³-hybridized carbons (Fsp3) is 0.588. The number of nitrogen functional groups attached to an aromatic ring is 1. The van der Waals surface area contributed by atoms with Gasteiger partial charge in [-0.05, 0) is 44.2 Å². The van der Waals surface area contributed by atoms with Gasteiger partial charge in [-0.3, -0.25) is 9.69 Å². The predicted molar refractivity (Wildman–Crippen MR) is 95.5 cm³/mol. The molecule has 1 aliphatic heterocycles. The number of hydrogen-bond acceptors (Lipinski definition) is 7. The molecule has 2 aliphatic rings. The van der Waals surface area contributed by atoms with E-state index in [1.54, 1.807) is 11.3 Å². The third-order valence-corrected chi connectivity index (χ3v) is 6.42. The zero-order chi connectivity index (χ0) is 17.6. The largest absolute Gasteiger partial charge is 0.481 e. The van der Waals surface area contributed by atoms with Crippen molar-refractivity contribution in [2.24, 2.45) is 5.92 Å². The van der Waals surface area contributed by atoms with E-state index in [-0.39, 0.29) is 0 Å². The molecule has 4 rings (SSSR count). The molecular weight excluding hydrogens is 340 g/mol. The fourth-order valence-corrected chi connectivity index (χ4v) is 5.22. The summed E-state index contributed by atoms with van der Waals surface area (Å²) in [5.41, 5.74) is 7.56. The van der Waals surface area contributed by atoms with Crippen molar-refractivity contribution in [3.8, 4) is 0 Å². The number of aromatic nitrogens is 2. The number of carboxylic acids is 1. The Labute approximate surface area is 149 Å². The maximum Gasteiger partial charge on any atom is 0.309 e. The van der Waals surface area contributed by atoms with Crippen molar-refractivity contribution in [3.63, 3.8) is 0 Å². The highest BCUT2D eigenvalue weighted by atomic mass is 32.1. The Morgan fingerprint density at radius 3 is 2.88 bits per heavy atom. The molecule has 2 atom stereocenters. The van der Waals surface area contributed by atoms with Crippen LogP contribution in [0.2, 0.25) is 0 Å². The number of nitrogens with two attached hydrogens (primary N) is 1. The molecule has 4 N–H and O–H groups in total. The summed E-state index contributed by atoms with van der Waals surface area (Å²) in [5, 5.41) is 20.2. The average molecular weight is 362 g/mol. The summed E-state index contributed by atoms with van der Waals surface area (Å²) in [6.45, 7) is 1.40. The van der Waals surface area contributed by atoms with Gasteiger partial charge >= 0.3 is 5.97 Å². The highest BCUT2D eigenvalue weighted by Crippen LogP contribution is 2.37. The summed E-state index contributed by atoms with van der Waals surface area (Å²) in [5.74, 6) is -0.433. The molecule has 0 radical (unpaired) electrons. The number of thiophene rings is 1. The SMILES string of the molecule is Nc1nc(CN2CC[C@H](C(=O)O)[C@H](O)C2)nc2sc3c(c12)CCCC3. The molecule has 0 unspecified atom stereocenters. The maximum atomic E-state index is 11.1. The lowest BCUT2D eigenvalue weighted by molar-refractivity contribution is -0.148. The molecule has 0 bridgehead atoms. The average Bonchev–Trinajstić information content (AvgIpc) is 2.93. The van der Waals surface area contributed by atoms with E-state index in [0.717, 1.165) is 23.1 Å². The summed E-state index contributed by atoms with van der Waals surface area (Å²) >= 11 is 1.72. The van der Waals surface area contributed by atoms with Gasteiger partial charge in [0.2, 0.25) is 0 Å². The van der Waals surface area contributed by atoms with Gasteiger partial charge in [-0.1, -0.05) is 0 Å². The van der Waals surface area contributed by atoms with Crippen LogP contribution in [0.25, 0.3) is 10.2 Å². The number of carbonyl (C=O) groups is 1. The molecule has 1 saturated heterocycles. The minimum Gasteiger partial charge on any atom is -0.481 e. The molecule has 7 nitrogen and oxygen atoms in total. The van der Waals surface area contributed by atoms with Crippen LogP contribution in [-0.2, 0) is 24.2 Å². The third kappa shape index (κ3) is 3.09. The van der Waals surface area contributed by atoms with Gasteiger partial charge in [-0.15, -0.1) is 11.3 Å². The highest BCUT2D eigenvalue weighted by Gasteiger charge is 2.33. The number of β-amino-alcohol motifs (C(OH)–C–C–N with tert-alkyl or cyclic N) is 1. The first kappa shape index (κ1) is 16.7. The van der Waals surface area contributed by atoms with Gasteiger partial charge in [0, 0.05) is 11.4 Å². The molecule has 1 aliphatic carbocycles. The van der Waals surface area contributed by atoms with Gasteiger partial charge in [-0.25, -0.2) is 9.97 Å². The van der Waals surface area contributed by atoms with E-state index in [0.29, 0.717) is 37.7 Å². The van der Waals surface area contributed by atoms with Crippen molar-refractivity contribution < 1.29 is 15.0 Å². The summed E-state index contributed by atoms with van der Waals surface area (Å²) in [4.78, 5) is 24.6. The van der Waals surface area contributed by atoms with E-state index in [4.69, 9.17) is 15.8 Å². The van der Waals surface area contributed by atoms with Crippen LogP contribution in [0, 0.1) is 5.92 Å². The second kappa shape index (κ2) is 6.51. The van der Waals surface area contributed by atoms with Crippen molar-refractivity contribution in [3.05, 3.63) is 16.3 Å². The first-order valence-electron chi connectivity index (χ1n) is 8.73. The van der Waals surface area contributed by atoms with Crippen LogP contribution in [0.4, 0.5) is 5.82 Å². The Bertz CT molecular complexity index is 822.